The topological polar surface area (TPSA) is 95.9 Å². The molecule has 37 heavy (non-hydrogen) atoms. The molecule has 0 atom stereocenters. The Bertz CT molecular complexity index is 1290. The van der Waals surface area contributed by atoms with Gasteiger partial charge < -0.3 is 15.5 Å². The van der Waals surface area contributed by atoms with E-state index in [0.717, 1.165) is 67.4 Å². The minimum atomic E-state index is -0.673. The number of hydrogen-bond acceptors (Lipinski definition) is 7. The Morgan fingerprint density at radius 3 is 2.73 bits per heavy atom. The summed E-state index contributed by atoms with van der Waals surface area (Å²) in [6.45, 7) is 8.51. The van der Waals surface area contributed by atoms with Crippen LogP contribution in [-0.4, -0.2) is 45.5 Å². The number of carbonyl (C=O) groups excluding carboxylic acids is 1. The molecule has 3 aromatic rings. The van der Waals surface area contributed by atoms with E-state index < -0.39 is 5.41 Å². The number of pyridine rings is 2. The highest BCUT2D eigenvalue weighted by molar-refractivity contribution is 6.06. The molecular weight excluding hydrogens is 469 g/mol. The Kier molecular flexibility index (Phi) is 7.04. The number of aromatic nitrogens is 4. The van der Waals surface area contributed by atoms with Gasteiger partial charge in [0.1, 0.15) is 23.8 Å². The van der Waals surface area contributed by atoms with Gasteiger partial charge in [-0.3, -0.25) is 14.8 Å². The number of nitrogens with zero attached hydrogens (tertiary/aromatic N) is 5. The molecule has 1 fully saturated rings. The molecular formula is C28H34FN7O. The molecule has 2 aliphatic heterocycles. The Morgan fingerprint density at radius 1 is 1.16 bits per heavy atom. The zero-order chi connectivity index (χ0) is 26.0. The van der Waals surface area contributed by atoms with Crippen molar-refractivity contribution >= 4 is 23.2 Å². The van der Waals surface area contributed by atoms with E-state index in [1.807, 2.05) is 19.9 Å². The number of halogens is 1. The van der Waals surface area contributed by atoms with Crippen molar-refractivity contribution in [2.24, 2.45) is 0 Å². The molecule has 5 rings (SSSR count). The van der Waals surface area contributed by atoms with Gasteiger partial charge in [-0.15, -0.1) is 0 Å². The van der Waals surface area contributed by atoms with E-state index in [1.54, 1.807) is 6.20 Å². The van der Waals surface area contributed by atoms with Gasteiger partial charge in [0.05, 0.1) is 34.3 Å². The van der Waals surface area contributed by atoms with Gasteiger partial charge in [0.2, 0.25) is 5.91 Å². The molecule has 1 saturated heterocycles. The van der Waals surface area contributed by atoms with Crippen molar-refractivity contribution in [1.82, 2.24) is 19.9 Å². The Labute approximate surface area is 217 Å². The van der Waals surface area contributed by atoms with Crippen LogP contribution in [0.15, 0.2) is 36.9 Å². The van der Waals surface area contributed by atoms with Crippen LogP contribution >= 0.6 is 0 Å². The highest BCUT2D eigenvalue weighted by Crippen LogP contribution is 2.43. The van der Waals surface area contributed by atoms with Crippen LogP contribution in [0, 0.1) is 5.82 Å². The number of unbranched alkanes of at least 4 members (excludes halogenated alkanes) is 2. The smallest absolute Gasteiger partial charge is 0.235 e. The minimum Gasteiger partial charge on any atom is -0.384 e. The summed E-state index contributed by atoms with van der Waals surface area (Å²) >= 11 is 0. The molecule has 0 aromatic carbocycles. The number of carbonyl (C=O) groups is 1. The second-order valence-corrected chi connectivity index (χ2v) is 10.4. The van der Waals surface area contributed by atoms with Crippen molar-refractivity contribution in [1.29, 1.82) is 0 Å². The maximum Gasteiger partial charge on any atom is 0.235 e. The third-order valence-electron chi connectivity index (χ3n) is 7.45. The van der Waals surface area contributed by atoms with Gasteiger partial charge in [-0.05, 0) is 51.3 Å². The van der Waals surface area contributed by atoms with Gasteiger partial charge >= 0.3 is 0 Å². The van der Waals surface area contributed by atoms with Crippen molar-refractivity contribution in [3.05, 3.63) is 54.0 Å². The first kappa shape index (κ1) is 25.0. The second-order valence-electron chi connectivity index (χ2n) is 10.4. The first-order valence-electron chi connectivity index (χ1n) is 13.2. The molecule has 0 bridgehead atoms. The summed E-state index contributed by atoms with van der Waals surface area (Å²) in [5.41, 5.74) is 3.66. The number of rotatable bonds is 8. The van der Waals surface area contributed by atoms with Crippen LogP contribution in [0.2, 0.25) is 0 Å². The molecule has 5 heterocycles. The number of piperidine rings is 1. The molecule has 0 spiro atoms. The van der Waals surface area contributed by atoms with Crippen molar-refractivity contribution in [2.75, 3.05) is 35.2 Å². The fourth-order valence-electron chi connectivity index (χ4n) is 5.27. The zero-order valence-corrected chi connectivity index (χ0v) is 21.7. The number of anilines is 3. The van der Waals surface area contributed by atoms with Gasteiger partial charge in [-0.25, -0.2) is 14.4 Å². The first-order valence-corrected chi connectivity index (χ1v) is 13.2. The van der Waals surface area contributed by atoms with E-state index in [-0.39, 0.29) is 17.6 Å². The van der Waals surface area contributed by atoms with Gasteiger partial charge in [-0.1, -0.05) is 19.8 Å². The van der Waals surface area contributed by atoms with Crippen LogP contribution in [0.1, 0.15) is 70.1 Å². The molecule has 2 aliphatic rings. The molecule has 194 valence electrons. The van der Waals surface area contributed by atoms with Crippen LogP contribution in [0.4, 0.5) is 21.7 Å². The predicted octanol–water partition coefficient (Wildman–Crippen LogP) is 5.29. The predicted molar refractivity (Wildman–Crippen MR) is 143 cm³/mol. The SMILES string of the molecule is CCCCCNc1ccc(-c2cncc(F)c2)nc1C1CCN(c2ncnc3c2C(C)(C)C(=O)N3)CC1. The fraction of sp³-hybridized carbons (Fsp3) is 0.464. The van der Waals surface area contributed by atoms with E-state index in [1.165, 1.54) is 31.4 Å². The lowest BCUT2D eigenvalue weighted by Crippen LogP contribution is -2.36. The Balaban J connectivity index is 1.39. The Morgan fingerprint density at radius 2 is 1.97 bits per heavy atom. The quantitative estimate of drug-likeness (QED) is 0.403. The first-order chi connectivity index (χ1) is 17.9. The number of nitrogens with one attached hydrogen (secondary N) is 2. The van der Waals surface area contributed by atoms with Crippen LogP contribution < -0.4 is 15.5 Å². The van der Waals surface area contributed by atoms with Crippen molar-refractivity contribution in [2.45, 2.75) is 64.2 Å². The van der Waals surface area contributed by atoms with Crippen LogP contribution in [0.25, 0.3) is 11.3 Å². The summed E-state index contributed by atoms with van der Waals surface area (Å²) in [4.78, 5) is 32.7. The molecule has 0 saturated carbocycles. The molecule has 1 amide bonds. The number of amides is 1. The summed E-state index contributed by atoms with van der Waals surface area (Å²) in [6.07, 6.45) is 9.62. The van der Waals surface area contributed by atoms with E-state index in [4.69, 9.17) is 4.98 Å². The molecule has 0 unspecified atom stereocenters. The van der Waals surface area contributed by atoms with Crippen molar-refractivity contribution in [3.63, 3.8) is 0 Å². The molecule has 0 aliphatic carbocycles. The van der Waals surface area contributed by atoms with Crippen LogP contribution in [-0.2, 0) is 10.2 Å². The largest absolute Gasteiger partial charge is 0.384 e. The van der Waals surface area contributed by atoms with E-state index in [0.29, 0.717) is 11.4 Å². The van der Waals surface area contributed by atoms with Crippen molar-refractivity contribution in [3.8, 4) is 11.3 Å². The number of hydrogen-bond donors (Lipinski definition) is 2. The average molecular weight is 504 g/mol. The van der Waals surface area contributed by atoms with Crippen LogP contribution in [0.5, 0.6) is 0 Å². The average Bonchev–Trinajstić information content (AvgIpc) is 3.14. The summed E-state index contributed by atoms with van der Waals surface area (Å²) in [5, 5.41) is 6.49. The van der Waals surface area contributed by atoms with Gasteiger partial charge in [-0.2, -0.15) is 0 Å². The summed E-state index contributed by atoms with van der Waals surface area (Å²) in [6, 6.07) is 5.48. The molecule has 8 nitrogen and oxygen atoms in total. The lowest BCUT2D eigenvalue weighted by atomic mass is 9.86. The highest BCUT2D eigenvalue weighted by Gasteiger charge is 2.43. The molecule has 9 heteroatoms. The monoisotopic (exact) mass is 503 g/mol. The third kappa shape index (κ3) is 4.99. The summed E-state index contributed by atoms with van der Waals surface area (Å²) in [5.74, 6) is 1.26. The standard InChI is InChI=1S/C28H34FN7O/c1-4-5-6-11-31-22-8-7-21(19-14-20(29)16-30-15-19)34-24(22)18-9-12-36(13-10-18)26-23-25(32-17-33-26)35-27(37)28(23,2)3/h7-8,14-18,31H,4-6,9-13H2,1-3H3,(H,32,33,35,37). The minimum absolute atomic E-state index is 0.0502. The van der Waals surface area contributed by atoms with E-state index >= 15 is 0 Å². The summed E-state index contributed by atoms with van der Waals surface area (Å²) in [7, 11) is 0. The third-order valence-corrected chi connectivity index (χ3v) is 7.45. The number of fused-ring (bicyclic) bond motifs is 1. The van der Waals surface area contributed by atoms with Gasteiger partial charge in [0.15, 0.2) is 0 Å². The maximum atomic E-state index is 13.9. The second kappa shape index (κ2) is 10.4. The lowest BCUT2D eigenvalue weighted by Gasteiger charge is -2.35. The van der Waals surface area contributed by atoms with E-state index in [9.17, 15) is 9.18 Å². The summed E-state index contributed by atoms with van der Waals surface area (Å²) < 4.78 is 13.9. The van der Waals surface area contributed by atoms with Gasteiger partial charge in [0, 0.05) is 37.3 Å². The lowest BCUT2D eigenvalue weighted by molar-refractivity contribution is -0.119. The molecule has 2 N–H and O–H groups in total. The molecule has 3 aromatic heterocycles. The van der Waals surface area contributed by atoms with Gasteiger partial charge in [0.25, 0.3) is 0 Å². The zero-order valence-electron chi connectivity index (χ0n) is 21.7. The maximum absolute atomic E-state index is 13.9. The van der Waals surface area contributed by atoms with Crippen LogP contribution in [0.3, 0.4) is 0 Å². The fourth-order valence-corrected chi connectivity index (χ4v) is 5.27. The van der Waals surface area contributed by atoms with Crippen molar-refractivity contribution < 1.29 is 9.18 Å². The molecule has 0 radical (unpaired) electrons. The van der Waals surface area contributed by atoms with E-state index in [2.05, 4.69) is 43.5 Å². The Hall–Kier alpha value is -3.62. The highest BCUT2D eigenvalue weighted by atomic mass is 19.1. The normalized spacial score (nSPS) is 17.0.